The molecule has 0 N–H and O–H groups in total. The van der Waals surface area contributed by atoms with Gasteiger partial charge in [-0.25, -0.2) is 18.7 Å². The van der Waals surface area contributed by atoms with Gasteiger partial charge in [-0.3, -0.25) is 0 Å². The molecule has 7 heteroatoms. The zero-order chi connectivity index (χ0) is 13.6. The maximum atomic E-state index is 13.5. The molecule has 0 radical (unpaired) electrons. The van der Waals surface area contributed by atoms with Crippen LogP contribution in [-0.4, -0.2) is 9.97 Å². The van der Waals surface area contributed by atoms with Crippen molar-refractivity contribution in [2.24, 2.45) is 0 Å². The third-order valence-corrected chi connectivity index (χ3v) is 4.42. The molecule has 0 saturated heterocycles. The van der Waals surface area contributed by atoms with Gasteiger partial charge in [-0.15, -0.1) is 11.3 Å². The van der Waals surface area contributed by atoms with Crippen LogP contribution in [0.4, 0.5) is 8.78 Å². The highest BCUT2D eigenvalue weighted by molar-refractivity contribution is 9.10. The van der Waals surface area contributed by atoms with Gasteiger partial charge in [-0.05, 0) is 39.5 Å². The fraction of sp³-hybridized carbons (Fsp3) is 0. The summed E-state index contributed by atoms with van der Waals surface area (Å²) in [7, 11) is 0. The van der Waals surface area contributed by atoms with Crippen LogP contribution >= 0.6 is 38.9 Å². The van der Waals surface area contributed by atoms with Gasteiger partial charge in [0, 0.05) is 10.9 Å². The Labute approximate surface area is 124 Å². The Morgan fingerprint density at radius 3 is 2.74 bits per heavy atom. The van der Waals surface area contributed by atoms with E-state index in [9.17, 15) is 8.78 Å². The van der Waals surface area contributed by atoms with Gasteiger partial charge in [0.05, 0.1) is 4.47 Å². The summed E-state index contributed by atoms with van der Waals surface area (Å²) >= 11 is 10.5. The average molecular weight is 362 g/mol. The van der Waals surface area contributed by atoms with Crippen molar-refractivity contribution >= 4 is 49.1 Å². The van der Waals surface area contributed by atoms with E-state index in [1.54, 1.807) is 0 Å². The number of halogens is 4. The van der Waals surface area contributed by atoms with Gasteiger partial charge in [0.2, 0.25) is 0 Å². The number of aromatic nitrogens is 2. The van der Waals surface area contributed by atoms with E-state index in [0.717, 1.165) is 11.5 Å². The maximum absolute atomic E-state index is 13.5. The second-order valence-corrected chi connectivity index (χ2v) is 5.75. The Kier molecular flexibility index (Phi) is 3.24. The van der Waals surface area contributed by atoms with Crippen molar-refractivity contribution in [1.82, 2.24) is 9.97 Å². The van der Waals surface area contributed by atoms with E-state index < -0.39 is 11.6 Å². The van der Waals surface area contributed by atoms with Crippen LogP contribution in [0.3, 0.4) is 0 Å². The molecule has 2 heterocycles. The number of hydrogen-bond acceptors (Lipinski definition) is 3. The van der Waals surface area contributed by atoms with Crippen LogP contribution < -0.4 is 0 Å². The third-order valence-electron chi connectivity index (χ3n) is 2.55. The summed E-state index contributed by atoms with van der Waals surface area (Å²) in [5.74, 6) is -1.65. The predicted molar refractivity (Wildman–Crippen MR) is 75.5 cm³/mol. The van der Waals surface area contributed by atoms with Crippen molar-refractivity contribution in [2.75, 3.05) is 0 Å². The first-order chi connectivity index (χ1) is 9.08. The molecule has 0 bridgehead atoms. The van der Waals surface area contributed by atoms with Crippen molar-refractivity contribution in [3.63, 3.8) is 0 Å². The van der Waals surface area contributed by atoms with Crippen LogP contribution in [-0.2, 0) is 0 Å². The van der Waals surface area contributed by atoms with Crippen LogP contribution in [0.2, 0.25) is 5.15 Å². The summed E-state index contributed by atoms with van der Waals surface area (Å²) in [5.41, 5.74) is 0.358. The van der Waals surface area contributed by atoms with Gasteiger partial charge in [-0.2, -0.15) is 0 Å². The molecule has 0 amide bonds. The highest BCUT2D eigenvalue weighted by Crippen LogP contribution is 2.33. The minimum Gasteiger partial charge on any atom is -0.217 e. The van der Waals surface area contributed by atoms with Crippen LogP contribution in [0, 0.1) is 11.6 Å². The number of hydrogen-bond donors (Lipinski definition) is 0. The van der Waals surface area contributed by atoms with E-state index in [1.165, 1.54) is 17.4 Å². The molecule has 2 nitrogen and oxygen atoms in total. The van der Waals surface area contributed by atoms with Gasteiger partial charge in [-0.1, -0.05) is 11.6 Å². The summed E-state index contributed by atoms with van der Waals surface area (Å²) in [6, 6.07) is 4.26. The van der Waals surface area contributed by atoms with E-state index in [-0.39, 0.29) is 15.5 Å². The van der Waals surface area contributed by atoms with Gasteiger partial charge in [0.1, 0.15) is 9.98 Å². The van der Waals surface area contributed by atoms with Crippen LogP contribution in [0.5, 0.6) is 0 Å². The number of rotatable bonds is 1. The quantitative estimate of drug-likeness (QED) is 0.447. The van der Waals surface area contributed by atoms with Gasteiger partial charge in [0.15, 0.2) is 17.5 Å². The second kappa shape index (κ2) is 4.77. The molecule has 1 aromatic carbocycles. The zero-order valence-corrected chi connectivity index (χ0v) is 12.3. The fourth-order valence-electron chi connectivity index (χ4n) is 1.64. The summed E-state index contributed by atoms with van der Waals surface area (Å²) in [4.78, 5) is 9.12. The number of benzene rings is 1. The third kappa shape index (κ3) is 2.13. The fourth-order valence-corrected chi connectivity index (χ4v) is 3.19. The van der Waals surface area contributed by atoms with Crippen molar-refractivity contribution in [3.05, 3.63) is 44.8 Å². The minimum absolute atomic E-state index is 0.0144. The summed E-state index contributed by atoms with van der Waals surface area (Å²) in [5, 5.41) is 2.88. The van der Waals surface area contributed by atoms with Gasteiger partial charge < -0.3 is 0 Å². The van der Waals surface area contributed by atoms with Crippen molar-refractivity contribution in [2.45, 2.75) is 0 Å². The average Bonchev–Trinajstić information content (AvgIpc) is 2.85. The lowest BCUT2D eigenvalue weighted by atomic mass is 10.2. The predicted octanol–water partition coefficient (Wildman–Crippen LogP) is 5.05. The molecule has 0 saturated carbocycles. The first-order valence-electron chi connectivity index (χ1n) is 5.12. The molecular weight excluding hydrogens is 358 g/mol. The molecular formula is C12H4BrClF2N2S. The van der Waals surface area contributed by atoms with E-state index in [0.29, 0.717) is 10.4 Å². The second-order valence-electron chi connectivity index (χ2n) is 3.70. The van der Waals surface area contributed by atoms with E-state index in [2.05, 4.69) is 25.9 Å². The first kappa shape index (κ1) is 12.9. The van der Waals surface area contributed by atoms with Gasteiger partial charge >= 0.3 is 0 Å². The van der Waals surface area contributed by atoms with Crippen molar-refractivity contribution < 1.29 is 8.78 Å². The molecule has 3 aromatic rings. The van der Waals surface area contributed by atoms with E-state index in [1.807, 2.05) is 11.4 Å². The molecule has 2 aromatic heterocycles. The van der Waals surface area contributed by atoms with E-state index >= 15 is 0 Å². The number of fused-ring (bicyclic) bond motifs is 1. The molecule has 0 atom stereocenters. The summed E-state index contributed by atoms with van der Waals surface area (Å²) in [6.45, 7) is 0. The van der Waals surface area contributed by atoms with Crippen molar-refractivity contribution in [1.29, 1.82) is 0 Å². The lowest BCUT2D eigenvalue weighted by Crippen LogP contribution is -1.94. The molecule has 19 heavy (non-hydrogen) atoms. The normalized spacial score (nSPS) is 11.2. The lowest BCUT2D eigenvalue weighted by Gasteiger charge is -2.05. The zero-order valence-electron chi connectivity index (χ0n) is 9.12. The van der Waals surface area contributed by atoms with Crippen LogP contribution in [0.1, 0.15) is 0 Å². The summed E-state index contributed by atoms with van der Waals surface area (Å²) < 4.78 is 26.6. The Balaban J connectivity index is 2.27. The standard InChI is InChI=1S/C12H4BrClF2N2S/c13-8-5(1-2-7(15)9(8)16)11-17-10(14)6-3-4-19-12(6)18-11/h1-4H. The maximum Gasteiger partial charge on any atom is 0.173 e. The minimum atomic E-state index is -0.969. The molecule has 96 valence electrons. The SMILES string of the molecule is Fc1ccc(-c2nc(Cl)c3ccsc3n2)c(Br)c1F. The molecule has 0 unspecified atom stereocenters. The van der Waals surface area contributed by atoms with Gasteiger partial charge in [0.25, 0.3) is 0 Å². The Bertz CT molecular complexity index is 791. The van der Waals surface area contributed by atoms with Crippen LogP contribution in [0.15, 0.2) is 28.1 Å². The number of nitrogens with zero attached hydrogens (tertiary/aromatic N) is 2. The molecule has 0 spiro atoms. The molecule has 3 rings (SSSR count). The monoisotopic (exact) mass is 360 g/mol. The highest BCUT2D eigenvalue weighted by atomic mass is 79.9. The van der Waals surface area contributed by atoms with Crippen molar-refractivity contribution in [3.8, 4) is 11.4 Å². The lowest BCUT2D eigenvalue weighted by molar-refractivity contribution is 0.504. The largest absolute Gasteiger partial charge is 0.217 e. The highest BCUT2D eigenvalue weighted by Gasteiger charge is 2.16. The molecule has 0 aliphatic carbocycles. The molecule has 0 aliphatic heterocycles. The molecule has 0 fully saturated rings. The first-order valence-corrected chi connectivity index (χ1v) is 7.17. The van der Waals surface area contributed by atoms with E-state index in [4.69, 9.17) is 11.6 Å². The Hall–Kier alpha value is -1.11. The topological polar surface area (TPSA) is 25.8 Å². The summed E-state index contributed by atoms with van der Waals surface area (Å²) in [6.07, 6.45) is 0. The smallest absolute Gasteiger partial charge is 0.173 e. The Morgan fingerprint density at radius 1 is 1.16 bits per heavy atom. The number of thiophene rings is 1. The Morgan fingerprint density at radius 2 is 1.95 bits per heavy atom. The molecule has 0 aliphatic rings. The van der Waals surface area contributed by atoms with Crippen LogP contribution in [0.25, 0.3) is 21.6 Å².